The topological polar surface area (TPSA) is 68.3 Å². The summed E-state index contributed by atoms with van der Waals surface area (Å²) in [5, 5.41) is 3.84. The number of aryl methyl sites for hydroxylation is 2. The van der Waals surface area contributed by atoms with Crippen LogP contribution >= 0.6 is 0 Å². The second-order valence-electron chi connectivity index (χ2n) is 7.31. The number of para-hydroxylation sites is 1. The summed E-state index contributed by atoms with van der Waals surface area (Å²) >= 11 is 0. The third kappa shape index (κ3) is 3.24. The molecule has 148 valence electrons. The Balaban J connectivity index is 1.46. The van der Waals surface area contributed by atoms with Gasteiger partial charge in [0.2, 0.25) is 5.89 Å². The Labute approximate surface area is 173 Å². The van der Waals surface area contributed by atoms with Crippen molar-refractivity contribution in [2.45, 2.75) is 20.3 Å². The molecule has 1 amide bonds. The van der Waals surface area contributed by atoms with Gasteiger partial charge in [0.25, 0.3) is 5.91 Å². The first-order valence-corrected chi connectivity index (χ1v) is 9.91. The molecule has 0 saturated heterocycles. The van der Waals surface area contributed by atoms with E-state index in [0.29, 0.717) is 17.2 Å². The lowest BCUT2D eigenvalue weighted by Crippen LogP contribution is -2.11. The molecule has 0 atom stereocenters. The number of carbonyl (C=O) groups is 1. The van der Waals surface area contributed by atoms with Crippen molar-refractivity contribution in [1.82, 2.24) is 4.98 Å². The Hall–Kier alpha value is -3.86. The third-order valence-corrected chi connectivity index (χ3v) is 5.24. The van der Waals surface area contributed by atoms with Crippen LogP contribution in [-0.4, -0.2) is 10.9 Å². The fraction of sp³-hybridized carbons (Fsp3) is 0.120. The van der Waals surface area contributed by atoms with Gasteiger partial charge >= 0.3 is 0 Å². The van der Waals surface area contributed by atoms with Crippen LogP contribution in [-0.2, 0) is 6.42 Å². The second-order valence-corrected chi connectivity index (χ2v) is 7.31. The molecule has 0 bridgehead atoms. The molecule has 30 heavy (non-hydrogen) atoms. The summed E-state index contributed by atoms with van der Waals surface area (Å²) in [5.74, 6) is 0.504. The molecule has 5 nitrogen and oxygen atoms in total. The summed E-state index contributed by atoms with van der Waals surface area (Å²) in [6.45, 7) is 4.05. The van der Waals surface area contributed by atoms with Crippen molar-refractivity contribution in [3.8, 4) is 11.5 Å². The van der Waals surface area contributed by atoms with E-state index in [1.54, 1.807) is 6.07 Å². The SMILES string of the molecule is CCc1ccc2oc(-c3ccc(C)c(NC(=O)c4cc5ccccc5o4)c3)nc2c1. The van der Waals surface area contributed by atoms with Gasteiger partial charge in [0.15, 0.2) is 11.3 Å². The average Bonchev–Trinajstić information content (AvgIpc) is 3.38. The van der Waals surface area contributed by atoms with Gasteiger partial charge in [-0.15, -0.1) is 0 Å². The molecular formula is C25H20N2O3. The summed E-state index contributed by atoms with van der Waals surface area (Å²) < 4.78 is 11.6. The number of anilines is 1. The van der Waals surface area contributed by atoms with E-state index in [0.717, 1.165) is 34.0 Å². The molecule has 1 N–H and O–H groups in total. The molecule has 2 heterocycles. The van der Waals surface area contributed by atoms with Gasteiger partial charge in [0.05, 0.1) is 0 Å². The van der Waals surface area contributed by atoms with Crippen LogP contribution in [0.3, 0.4) is 0 Å². The third-order valence-electron chi connectivity index (χ3n) is 5.24. The number of oxazole rings is 1. The fourth-order valence-electron chi connectivity index (χ4n) is 3.48. The van der Waals surface area contributed by atoms with Crippen LogP contribution in [0.2, 0.25) is 0 Å². The molecular weight excluding hydrogens is 376 g/mol. The van der Waals surface area contributed by atoms with Gasteiger partial charge in [-0.3, -0.25) is 4.79 Å². The van der Waals surface area contributed by atoms with E-state index < -0.39 is 0 Å². The maximum absolute atomic E-state index is 12.8. The Bertz CT molecular complexity index is 1360. The van der Waals surface area contributed by atoms with E-state index >= 15 is 0 Å². The highest BCUT2D eigenvalue weighted by Gasteiger charge is 2.15. The number of fused-ring (bicyclic) bond motifs is 2. The molecule has 0 spiro atoms. The van der Waals surface area contributed by atoms with Crippen molar-refractivity contribution >= 4 is 33.7 Å². The van der Waals surface area contributed by atoms with Gasteiger partial charge in [-0.25, -0.2) is 4.98 Å². The number of benzene rings is 3. The van der Waals surface area contributed by atoms with Gasteiger partial charge in [-0.1, -0.05) is 37.3 Å². The summed E-state index contributed by atoms with van der Waals surface area (Å²) in [5.41, 5.74) is 5.90. The predicted molar refractivity (Wildman–Crippen MR) is 118 cm³/mol. The van der Waals surface area contributed by atoms with Crippen molar-refractivity contribution in [3.05, 3.63) is 83.6 Å². The molecule has 0 unspecified atom stereocenters. The first-order valence-electron chi connectivity index (χ1n) is 9.91. The zero-order valence-electron chi connectivity index (χ0n) is 16.7. The van der Waals surface area contributed by atoms with Crippen molar-refractivity contribution in [3.63, 3.8) is 0 Å². The summed E-state index contributed by atoms with van der Waals surface area (Å²) in [6, 6.07) is 21.1. The minimum absolute atomic E-state index is 0.273. The lowest BCUT2D eigenvalue weighted by atomic mass is 10.1. The number of nitrogens with one attached hydrogen (secondary N) is 1. The second kappa shape index (κ2) is 7.19. The van der Waals surface area contributed by atoms with Crippen molar-refractivity contribution < 1.29 is 13.6 Å². The van der Waals surface area contributed by atoms with Crippen LogP contribution in [0.1, 0.15) is 28.6 Å². The lowest BCUT2D eigenvalue weighted by Gasteiger charge is -2.08. The molecule has 0 aliphatic heterocycles. The van der Waals surface area contributed by atoms with Gasteiger partial charge in [-0.05, 0) is 60.9 Å². The fourth-order valence-corrected chi connectivity index (χ4v) is 3.48. The Morgan fingerprint density at radius 1 is 0.967 bits per heavy atom. The molecule has 5 aromatic rings. The highest BCUT2D eigenvalue weighted by Crippen LogP contribution is 2.29. The number of aromatic nitrogens is 1. The maximum Gasteiger partial charge on any atom is 0.291 e. The van der Waals surface area contributed by atoms with Crippen LogP contribution in [0.25, 0.3) is 33.5 Å². The highest BCUT2D eigenvalue weighted by atomic mass is 16.4. The zero-order valence-corrected chi connectivity index (χ0v) is 16.7. The zero-order chi connectivity index (χ0) is 20.7. The van der Waals surface area contributed by atoms with Crippen molar-refractivity contribution in [2.24, 2.45) is 0 Å². The van der Waals surface area contributed by atoms with Crippen molar-refractivity contribution in [1.29, 1.82) is 0 Å². The van der Waals surface area contributed by atoms with Crippen LogP contribution < -0.4 is 5.32 Å². The number of hydrogen-bond acceptors (Lipinski definition) is 4. The van der Waals surface area contributed by atoms with E-state index in [-0.39, 0.29) is 11.7 Å². The molecule has 0 radical (unpaired) electrons. The summed E-state index contributed by atoms with van der Waals surface area (Å²) in [6.07, 6.45) is 0.945. The maximum atomic E-state index is 12.8. The van der Waals surface area contributed by atoms with Gasteiger partial charge in [-0.2, -0.15) is 0 Å². The average molecular weight is 396 g/mol. The molecule has 2 aromatic heterocycles. The highest BCUT2D eigenvalue weighted by molar-refractivity contribution is 6.05. The largest absolute Gasteiger partial charge is 0.451 e. The van der Waals surface area contributed by atoms with Crippen LogP contribution in [0.5, 0.6) is 0 Å². The van der Waals surface area contributed by atoms with Crippen molar-refractivity contribution in [2.75, 3.05) is 5.32 Å². The standard InChI is InChI=1S/C25H20N2O3/c1-3-16-9-11-22-20(12-16)27-25(30-22)18-10-8-15(2)19(13-18)26-24(28)23-14-17-6-4-5-7-21(17)29-23/h4-14H,3H2,1-2H3,(H,26,28). The number of amides is 1. The van der Waals surface area contributed by atoms with E-state index in [4.69, 9.17) is 8.83 Å². The summed E-state index contributed by atoms with van der Waals surface area (Å²) in [4.78, 5) is 17.4. The van der Waals surface area contributed by atoms with Crippen LogP contribution in [0.15, 0.2) is 75.6 Å². The Morgan fingerprint density at radius 2 is 1.83 bits per heavy atom. The molecule has 5 heteroatoms. The van der Waals surface area contributed by atoms with Crippen LogP contribution in [0.4, 0.5) is 5.69 Å². The lowest BCUT2D eigenvalue weighted by molar-refractivity contribution is 0.0998. The monoisotopic (exact) mass is 396 g/mol. The number of furan rings is 1. The first-order chi connectivity index (χ1) is 14.6. The van der Waals surface area contributed by atoms with Gasteiger partial charge < -0.3 is 14.2 Å². The molecule has 0 saturated carbocycles. The number of hydrogen-bond donors (Lipinski definition) is 1. The first kappa shape index (κ1) is 18.2. The molecule has 0 aliphatic carbocycles. The molecule has 0 fully saturated rings. The molecule has 0 aliphatic rings. The van der Waals surface area contributed by atoms with E-state index in [9.17, 15) is 4.79 Å². The van der Waals surface area contributed by atoms with E-state index in [2.05, 4.69) is 17.2 Å². The van der Waals surface area contributed by atoms with Gasteiger partial charge in [0, 0.05) is 16.6 Å². The summed E-state index contributed by atoms with van der Waals surface area (Å²) in [7, 11) is 0. The normalized spacial score (nSPS) is 11.3. The number of nitrogens with zero attached hydrogens (tertiary/aromatic N) is 1. The Morgan fingerprint density at radius 3 is 2.67 bits per heavy atom. The predicted octanol–water partition coefficient (Wildman–Crippen LogP) is 6.36. The van der Waals surface area contributed by atoms with E-state index in [1.807, 2.05) is 67.6 Å². The Kier molecular flexibility index (Phi) is 4.36. The quantitative estimate of drug-likeness (QED) is 0.383. The minimum atomic E-state index is -0.295. The minimum Gasteiger partial charge on any atom is -0.451 e. The number of rotatable bonds is 4. The van der Waals surface area contributed by atoms with Gasteiger partial charge in [0.1, 0.15) is 11.1 Å². The molecule has 5 rings (SSSR count). The number of carbonyl (C=O) groups excluding carboxylic acids is 1. The smallest absolute Gasteiger partial charge is 0.291 e. The van der Waals surface area contributed by atoms with E-state index in [1.165, 1.54) is 5.56 Å². The molecule has 3 aromatic carbocycles. The van der Waals surface area contributed by atoms with Crippen LogP contribution in [0, 0.1) is 6.92 Å².